The summed E-state index contributed by atoms with van der Waals surface area (Å²) in [7, 11) is 0. The first-order chi connectivity index (χ1) is 29.1. The summed E-state index contributed by atoms with van der Waals surface area (Å²) < 4.78 is 85.5. The lowest BCUT2D eigenvalue weighted by molar-refractivity contribution is 0.663. The van der Waals surface area contributed by atoms with Crippen molar-refractivity contribution in [1.29, 1.82) is 0 Å². The Morgan fingerprint density at radius 3 is 1.38 bits per heavy atom. The van der Waals surface area contributed by atoms with E-state index in [0.717, 1.165) is 60.5 Å². The molecular formula is C50H30O2. The van der Waals surface area contributed by atoms with E-state index in [4.69, 9.17) is 14.3 Å². The molecule has 0 fully saturated rings. The van der Waals surface area contributed by atoms with Gasteiger partial charge in [0.15, 0.2) is 0 Å². The zero-order chi connectivity index (χ0) is 41.1. The molecule has 0 amide bonds. The summed E-state index contributed by atoms with van der Waals surface area (Å²) >= 11 is 0. The van der Waals surface area contributed by atoms with Gasteiger partial charge in [-0.15, -0.1) is 0 Å². The number of fused-ring (bicyclic) bond motifs is 9. The molecule has 2 aromatic heterocycles. The molecule has 0 saturated carbocycles. The van der Waals surface area contributed by atoms with Crippen molar-refractivity contribution in [2.75, 3.05) is 0 Å². The van der Waals surface area contributed by atoms with Crippen LogP contribution in [0, 0.1) is 0 Å². The molecule has 9 aromatic carbocycles. The van der Waals surface area contributed by atoms with E-state index < -0.39 is 24.2 Å². The molecule has 11 aromatic rings. The van der Waals surface area contributed by atoms with E-state index >= 15 is 0 Å². The number of hydrogen-bond acceptors (Lipinski definition) is 2. The van der Waals surface area contributed by atoms with E-state index in [2.05, 4.69) is 0 Å². The molecule has 242 valence electrons. The van der Waals surface area contributed by atoms with Gasteiger partial charge < -0.3 is 8.83 Å². The van der Waals surface area contributed by atoms with E-state index in [0.29, 0.717) is 27.8 Å². The van der Waals surface area contributed by atoms with Crippen LogP contribution in [0.15, 0.2) is 191 Å². The number of furan rings is 2. The Morgan fingerprint density at radius 2 is 0.769 bits per heavy atom. The first-order valence-electron chi connectivity index (χ1n) is 21.1. The lowest BCUT2D eigenvalue weighted by atomic mass is 9.85. The third-order valence-electron chi connectivity index (χ3n) is 10.1. The molecule has 0 N–H and O–H groups in total. The Labute approximate surface area is 311 Å². The highest BCUT2D eigenvalue weighted by Gasteiger charge is 2.19. The van der Waals surface area contributed by atoms with E-state index in [9.17, 15) is 5.48 Å². The SMILES string of the molecule is [2H]c1c([2H])c([2H])c2c(-c3cccc(-c4ccc5c(c4)oc4ccc6oc7ccccc7c6c45)c3)c3c([2H])c([2H])c([2H])c([2H])c3c(-c3cccc(-c4ccccc4)c3)c2c1[2H]. The van der Waals surface area contributed by atoms with Crippen molar-refractivity contribution in [3.05, 3.63) is 182 Å². The van der Waals surface area contributed by atoms with Crippen LogP contribution in [0.5, 0.6) is 0 Å². The molecule has 0 unspecified atom stereocenters. The van der Waals surface area contributed by atoms with E-state index in [1.807, 2.05) is 133 Å². The summed E-state index contributed by atoms with van der Waals surface area (Å²) in [5.74, 6) is 0. The lowest BCUT2D eigenvalue weighted by Crippen LogP contribution is -1.91. The van der Waals surface area contributed by atoms with Gasteiger partial charge in [0.25, 0.3) is 0 Å². The number of benzene rings is 9. The summed E-state index contributed by atoms with van der Waals surface area (Å²) in [6.07, 6.45) is 0. The van der Waals surface area contributed by atoms with Crippen LogP contribution in [0.3, 0.4) is 0 Å². The minimum absolute atomic E-state index is 0.167. The van der Waals surface area contributed by atoms with Crippen LogP contribution in [0.4, 0.5) is 0 Å². The highest BCUT2D eigenvalue weighted by Crippen LogP contribution is 2.45. The molecule has 52 heavy (non-hydrogen) atoms. The van der Waals surface area contributed by atoms with E-state index in [-0.39, 0.29) is 45.7 Å². The second-order valence-corrected chi connectivity index (χ2v) is 13.0. The zero-order valence-electron chi connectivity index (χ0n) is 35.5. The molecule has 2 heterocycles. The first kappa shape index (κ1) is 22.0. The molecule has 0 atom stereocenters. The molecule has 0 aliphatic heterocycles. The Kier molecular flexibility index (Phi) is 4.79. The quantitative estimate of drug-likeness (QED) is 0.174. The first-order valence-corrected chi connectivity index (χ1v) is 17.1. The second kappa shape index (κ2) is 11.3. The fourth-order valence-electron chi connectivity index (χ4n) is 7.80. The predicted octanol–water partition coefficient (Wildman–Crippen LogP) is 14.5. The van der Waals surface area contributed by atoms with Crippen LogP contribution in [0.25, 0.3) is 110 Å². The molecule has 0 radical (unpaired) electrons. The largest absolute Gasteiger partial charge is 0.456 e. The monoisotopic (exact) mass is 670 g/mol. The Morgan fingerprint density at radius 1 is 0.308 bits per heavy atom. The molecule has 0 bridgehead atoms. The average molecular weight is 671 g/mol. The zero-order valence-corrected chi connectivity index (χ0v) is 27.5. The van der Waals surface area contributed by atoms with Gasteiger partial charge >= 0.3 is 0 Å². The maximum atomic E-state index is 9.40. The van der Waals surface area contributed by atoms with Gasteiger partial charge in [-0.25, -0.2) is 0 Å². The molecular weight excluding hydrogens is 633 g/mol. The van der Waals surface area contributed by atoms with Crippen molar-refractivity contribution >= 4 is 65.4 Å². The highest BCUT2D eigenvalue weighted by atomic mass is 16.3. The predicted molar refractivity (Wildman–Crippen MR) is 218 cm³/mol. The normalized spacial score (nSPS) is 14.0. The van der Waals surface area contributed by atoms with E-state index in [1.54, 1.807) is 0 Å². The second-order valence-electron chi connectivity index (χ2n) is 13.0. The van der Waals surface area contributed by atoms with Crippen molar-refractivity contribution in [2.45, 2.75) is 0 Å². The van der Waals surface area contributed by atoms with Crippen LogP contribution < -0.4 is 0 Å². The topological polar surface area (TPSA) is 26.3 Å². The van der Waals surface area contributed by atoms with Gasteiger partial charge in [0.05, 0.1) is 11.0 Å². The molecule has 2 nitrogen and oxygen atoms in total. The van der Waals surface area contributed by atoms with Crippen molar-refractivity contribution in [1.82, 2.24) is 0 Å². The summed E-state index contributed by atoms with van der Waals surface area (Å²) in [4.78, 5) is 0. The van der Waals surface area contributed by atoms with Crippen LogP contribution >= 0.6 is 0 Å². The minimum atomic E-state index is -0.441. The van der Waals surface area contributed by atoms with Crippen LogP contribution in [0.2, 0.25) is 0 Å². The van der Waals surface area contributed by atoms with Crippen LogP contribution in [-0.2, 0) is 0 Å². The molecule has 0 aliphatic carbocycles. The van der Waals surface area contributed by atoms with Crippen molar-refractivity contribution in [3.63, 3.8) is 0 Å². The summed E-state index contributed by atoms with van der Waals surface area (Å²) in [5.41, 5.74) is 8.03. The van der Waals surface area contributed by atoms with Crippen LogP contribution in [-0.4, -0.2) is 0 Å². The lowest BCUT2D eigenvalue weighted by Gasteiger charge is -2.18. The molecule has 0 saturated heterocycles. The molecule has 11 rings (SSSR count). The number of rotatable bonds is 4. The number of para-hydroxylation sites is 1. The Bertz CT molecular complexity index is 3560. The van der Waals surface area contributed by atoms with Crippen molar-refractivity contribution < 1.29 is 19.8 Å². The smallest absolute Gasteiger partial charge is 0.136 e. The third kappa shape index (κ3) is 4.38. The average Bonchev–Trinajstić information content (AvgIpc) is 3.86. The molecule has 2 heteroatoms. The third-order valence-corrected chi connectivity index (χ3v) is 10.1. The van der Waals surface area contributed by atoms with E-state index in [1.165, 1.54) is 0 Å². The van der Waals surface area contributed by atoms with Gasteiger partial charge in [-0.3, -0.25) is 0 Å². The van der Waals surface area contributed by atoms with Gasteiger partial charge in [0.1, 0.15) is 22.3 Å². The summed E-state index contributed by atoms with van der Waals surface area (Å²) in [6, 6.07) is 39.6. The fraction of sp³-hybridized carbons (Fsp3) is 0. The maximum absolute atomic E-state index is 9.40. The summed E-state index contributed by atoms with van der Waals surface area (Å²) in [5, 5.41) is 4.56. The fourth-order valence-corrected chi connectivity index (χ4v) is 7.80. The maximum Gasteiger partial charge on any atom is 0.136 e. The standard InChI is InChI=1S/C50H30O2/c1-2-12-31(13-3-1)32-14-10-16-35(28-32)47-37-18-4-6-20-39(37)48(40-21-7-5-19-38(40)47)36-17-11-15-33(29-36)34-24-25-42-46(30-34)52-45-27-26-44-49(50(42)45)41-22-8-9-23-43(41)51-44/h1-30H/i4D,5D,6D,7D,18D,19D,20D,21D. The molecule has 0 spiro atoms. The Hall–Kier alpha value is -6.90. The van der Waals surface area contributed by atoms with Crippen molar-refractivity contribution in [2.24, 2.45) is 0 Å². The van der Waals surface area contributed by atoms with Crippen LogP contribution in [0.1, 0.15) is 11.0 Å². The molecule has 0 aliphatic rings. The minimum Gasteiger partial charge on any atom is -0.456 e. The van der Waals surface area contributed by atoms with Gasteiger partial charge in [0.2, 0.25) is 0 Å². The van der Waals surface area contributed by atoms with Gasteiger partial charge in [-0.1, -0.05) is 139 Å². The van der Waals surface area contributed by atoms with Crippen molar-refractivity contribution in [3.8, 4) is 44.5 Å². The Balaban J connectivity index is 1.20. The highest BCUT2D eigenvalue weighted by molar-refractivity contribution is 6.26. The van der Waals surface area contributed by atoms with Gasteiger partial charge in [-0.05, 0) is 109 Å². The number of hydrogen-bond donors (Lipinski definition) is 0. The van der Waals surface area contributed by atoms with Gasteiger partial charge in [0, 0.05) is 21.5 Å². The van der Waals surface area contributed by atoms with Gasteiger partial charge in [-0.2, -0.15) is 0 Å². The summed E-state index contributed by atoms with van der Waals surface area (Å²) in [6.45, 7) is 0.